The third-order valence-electron chi connectivity index (χ3n) is 4.77. The summed E-state index contributed by atoms with van der Waals surface area (Å²) >= 11 is 0. The Labute approximate surface area is 201 Å². The van der Waals surface area contributed by atoms with Gasteiger partial charge in [0.2, 0.25) is 0 Å². The zero-order valence-corrected chi connectivity index (χ0v) is 19.4. The number of nitro groups is 1. The fourth-order valence-corrected chi connectivity index (χ4v) is 3.96. The highest BCUT2D eigenvalue weighted by atomic mass is 32.2. The van der Waals surface area contributed by atoms with E-state index in [-0.39, 0.29) is 17.1 Å². The van der Waals surface area contributed by atoms with Crippen LogP contribution in [0.5, 0.6) is 11.5 Å². The fourth-order valence-electron chi connectivity index (χ4n) is 2.98. The second-order valence-electron chi connectivity index (χ2n) is 7.14. The molecule has 0 aliphatic heterocycles. The minimum atomic E-state index is -4.41. The molecule has 0 unspecified atom stereocenters. The number of nitrogens with zero attached hydrogens (tertiary/aromatic N) is 2. The number of carbonyl (C=O) groups excluding carboxylic acids is 1. The van der Waals surface area contributed by atoms with Gasteiger partial charge in [0.1, 0.15) is 16.5 Å². The molecule has 3 aromatic rings. The van der Waals surface area contributed by atoms with Gasteiger partial charge in [-0.3, -0.25) is 14.9 Å². The highest BCUT2D eigenvalue weighted by Gasteiger charge is 2.22. The average Bonchev–Trinajstić information content (AvgIpc) is 2.84. The van der Waals surface area contributed by atoms with E-state index < -0.39 is 31.5 Å². The minimum Gasteiger partial charge on any atom is -0.493 e. The van der Waals surface area contributed by atoms with Gasteiger partial charge in [-0.1, -0.05) is 30.3 Å². The van der Waals surface area contributed by atoms with Crippen molar-refractivity contribution in [2.75, 3.05) is 12.4 Å². The Kier molecular flexibility index (Phi) is 7.48. The largest absolute Gasteiger partial charge is 0.493 e. The lowest BCUT2D eigenvalue weighted by Crippen LogP contribution is -2.14. The van der Waals surface area contributed by atoms with Crippen LogP contribution in [-0.2, 0) is 14.9 Å². The number of carbonyl (C=O) groups is 1. The number of nitriles is 1. The van der Waals surface area contributed by atoms with Crippen molar-refractivity contribution in [1.29, 1.82) is 5.26 Å². The predicted octanol–water partition coefficient (Wildman–Crippen LogP) is 4.23. The lowest BCUT2D eigenvalue weighted by atomic mass is 10.1. The molecule has 3 rings (SSSR count). The first-order valence-electron chi connectivity index (χ1n) is 10.0. The number of ether oxygens (including phenoxy) is 1. The van der Waals surface area contributed by atoms with Crippen LogP contribution in [0.25, 0.3) is 6.08 Å². The minimum absolute atomic E-state index is 0.00403. The molecule has 0 aliphatic rings. The molecule has 0 saturated heterocycles. The van der Waals surface area contributed by atoms with Crippen molar-refractivity contribution in [2.45, 2.75) is 11.8 Å². The van der Waals surface area contributed by atoms with Crippen molar-refractivity contribution in [3.05, 3.63) is 93.5 Å². The van der Waals surface area contributed by atoms with Crippen LogP contribution in [0.15, 0.2) is 77.2 Å². The van der Waals surface area contributed by atoms with Crippen molar-refractivity contribution >= 4 is 33.5 Å². The summed E-state index contributed by atoms with van der Waals surface area (Å²) in [6.45, 7) is 1.82. The average molecular weight is 493 g/mol. The maximum Gasteiger partial charge on any atom is 0.339 e. The van der Waals surface area contributed by atoms with Crippen molar-refractivity contribution in [3.8, 4) is 17.6 Å². The maximum atomic E-state index is 12.6. The summed E-state index contributed by atoms with van der Waals surface area (Å²) in [7, 11) is -3.13. The molecule has 0 saturated carbocycles. The highest BCUT2D eigenvalue weighted by molar-refractivity contribution is 7.87. The van der Waals surface area contributed by atoms with E-state index in [4.69, 9.17) is 8.92 Å². The number of nitrogens with one attached hydrogen (secondary N) is 1. The summed E-state index contributed by atoms with van der Waals surface area (Å²) in [6, 6.07) is 17.5. The summed E-state index contributed by atoms with van der Waals surface area (Å²) < 4.78 is 35.6. The normalized spacial score (nSPS) is 11.3. The first kappa shape index (κ1) is 24.9. The van der Waals surface area contributed by atoms with E-state index in [2.05, 4.69) is 5.32 Å². The van der Waals surface area contributed by atoms with Gasteiger partial charge in [-0.25, -0.2) is 0 Å². The molecule has 0 aromatic heterocycles. The van der Waals surface area contributed by atoms with Crippen LogP contribution in [0.4, 0.5) is 11.4 Å². The van der Waals surface area contributed by atoms with Gasteiger partial charge in [-0.05, 0) is 48.4 Å². The van der Waals surface area contributed by atoms with Crippen molar-refractivity contribution in [3.63, 3.8) is 0 Å². The third-order valence-corrected chi connectivity index (χ3v) is 6.00. The van der Waals surface area contributed by atoms with Crippen LogP contribution in [-0.4, -0.2) is 26.4 Å². The molecule has 1 amide bonds. The topological polar surface area (TPSA) is 149 Å². The SMILES string of the molecule is COc1cc(/C=C(\C#N)C(=O)Nc2ccccc2C)ccc1OS(=O)(=O)c1cccc([N+](=O)[O-])c1. The van der Waals surface area contributed by atoms with E-state index in [9.17, 15) is 28.6 Å². The predicted molar refractivity (Wildman–Crippen MR) is 127 cm³/mol. The number of methoxy groups -OCH3 is 1. The summed E-state index contributed by atoms with van der Waals surface area (Å²) in [5, 5.41) is 23.1. The van der Waals surface area contributed by atoms with E-state index >= 15 is 0 Å². The van der Waals surface area contributed by atoms with Gasteiger partial charge in [-0.15, -0.1) is 0 Å². The number of anilines is 1. The zero-order valence-electron chi connectivity index (χ0n) is 18.6. The Bertz CT molecular complexity index is 1470. The molecule has 0 atom stereocenters. The molecule has 10 nitrogen and oxygen atoms in total. The monoisotopic (exact) mass is 493 g/mol. The summed E-state index contributed by atoms with van der Waals surface area (Å²) in [5.41, 5.74) is 1.17. The van der Waals surface area contributed by atoms with E-state index in [0.29, 0.717) is 11.3 Å². The second-order valence-corrected chi connectivity index (χ2v) is 8.69. The molecule has 35 heavy (non-hydrogen) atoms. The van der Waals surface area contributed by atoms with Crippen LogP contribution >= 0.6 is 0 Å². The molecule has 3 aromatic carbocycles. The van der Waals surface area contributed by atoms with Crippen molar-refractivity contribution < 1.29 is 27.1 Å². The van der Waals surface area contributed by atoms with Gasteiger partial charge in [0, 0.05) is 17.8 Å². The lowest BCUT2D eigenvalue weighted by Gasteiger charge is -2.12. The van der Waals surface area contributed by atoms with E-state index in [1.54, 1.807) is 12.1 Å². The molecular formula is C24H19N3O7S. The van der Waals surface area contributed by atoms with Crippen LogP contribution in [0.1, 0.15) is 11.1 Å². The number of hydrogen-bond donors (Lipinski definition) is 1. The molecule has 1 N–H and O–H groups in total. The second kappa shape index (κ2) is 10.5. The number of nitro benzene ring substituents is 1. The maximum absolute atomic E-state index is 12.6. The first-order chi connectivity index (χ1) is 16.6. The van der Waals surface area contributed by atoms with Gasteiger partial charge in [0.15, 0.2) is 11.5 Å². The summed E-state index contributed by atoms with van der Waals surface area (Å²) in [5.74, 6) is -0.794. The number of hydrogen-bond acceptors (Lipinski definition) is 8. The van der Waals surface area contributed by atoms with Crippen LogP contribution in [0, 0.1) is 28.4 Å². The zero-order chi connectivity index (χ0) is 25.6. The fraction of sp³-hybridized carbons (Fsp3) is 0.0833. The molecule has 11 heteroatoms. The van der Waals surface area contributed by atoms with Gasteiger partial charge in [0.25, 0.3) is 11.6 Å². The third kappa shape index (κ3) is 6.01. The number of para-hydroxylation sites is 1. The van der Waals surface area contributed by atoms with Crippen LogP contribution < -0.4 is 14.2 Å². The highest BCUT2D eigenvalue weighted by Crippen LogP contribution is 2.32. The van der Waals surface area contributed by atoms with Crippen molar-refractivity contribution in [2.24, 2.45) is 0 Å². The van der Waals surface area contributed by atoms with E-state index in [1.165, 1.54) is 37.5 Å². The van der Waals surface area contributed by atoms with Gasteiger partial charge < -0.3 is 14.2 Å². The number of amides is 1. The number of rotatable bonds is 8. The van der Waals surface area contributed by atoms with Crippen molar-refractivity contribution in [1.82, 2.24) is 0 Å². The van der Waals surface area contributed by atoms with Gasteiger partial charge in [-0.2, -0.15) is 13.7 Å². The number of non-ortho nitro benzene ring substituents is 1. The smallest absolute Gasteiger partial charge is 0.339 e. The molecule has 0 heterocycles. The number of aryl methyl sites for hydroxylation is 1. The van der Waals surface area contributed by atoms with E-state index in [1.807, 2.05) is 25.1 Å². The molecule has 0 spiro atoms. The van der Waals surface area contributed by atoms with Crippen LogP contribution in [0.3, 0.4) is 0 Å². The Hall–Kier alpha value is -4.69. The first-order valence-corrected chi connectivity index (χ1v) is 11.4. The summed E-state index contributed by atoms with van der Waals surface area (Å²) in [4.78, 5) is 22.4. The Morgan fingerprint density at radius 2 is 1.83 bits per heavy atom. The Morgan fingerprint density at radius 3 is 2.49 bits per heavy atom. The lowest BCUT2D eigenvalue weighted by molar-refractivity contribution is -0.385. The van der Waals surface area contributed by atoms with Gasteiger partial charge in [0.05, 0.1) is 12.0 Å². The Morgan fingerprint density at radius 1 is 1.09 bits per heavy atom. The molecule has 0 bridgehead atoms. The molecular weight excluding hydrogens is 474 g/mol. The molecule has 0 fully saturated rings. The molecule has 178 valence electrons. The van der Waals surface area contributed by atoms with Gasteiger partial charge >= 0.3 is 10.1 Å². The molecule has 0 radical (unpaired) electrons. The quantitative estimate of drug-likeness (QED) is 0.161. The molecule has 0 aliphatic carbocycles. The van der Waals surface area contributed by atoms with Crippen LogP contribution in [0.2, 0.25) is 0 Å². The van der Waals surface area contributed by atoms with E-state index in [0.717, 1.165) is 23.8 Å². The standard InChI is InChI=1S/C24H19N3O7S/c1-16-6-3-4-9-21(16)26-24(28)18(15-25)12-17-10-11-22(23(13-17)33-2)34-35(31,32)20-8-5-7-19(14-20)27(29)30/h3-14H,1-2H3,(H,26,28)/b18-12+. The number of benzene rings is 3. The summed E-state index contributed by atoms with van der Waals surface area (Å²) in [6.07, 6.45) is 1.31. The Balaban J connectivity index is 1.87.